The molecular formula is C32H32FNO3. The van der Waals surface area contributed by atoms with Crippen molar-refractivity contribution >= 4 is 11.9 Å². The number of Topliss-reactive ketones (excluding diaryl/α,β-unsaturated/α-hetero) is 1. The van der Waals surface area contributed by atoms with Gasteiger partial charge in [-0.2, -0.15) is 0 Å². The Kier molecular flexibility index (Phi) is 6.54. The van der Waals surface area contributed by atoms with Crippen LogP contribution in [0.25, 0.3) is 11.1 Å². The van der Waals surface area contributed by atoms with Gasteiger partial charge in [-0.1, -0.05) is 60.7 Å². The molecule has 1 amide bonds. The van der Waals surface area contributed by atoms with Crippen molar-refractivity contribution in [3.05, 3.63) is 95.3 Å². The van der Waals surface area contributed by atoms with Gasteiger partial charge in [0, 0.05) is 30.3 Å². The molecule has 4 nitrogen and oxygen atoms in total. The molecule has 3 aliphatic rings. The van der Waals surface area contributed by atoms with Gasteiger partial charge >= 0.3 is 6.09 Å². The number of carbonyl (C=O) groups excluding carboxylic acids is 2. The zero-order chi connectivity index (χ0) is 25.4. The molecule has 2 aliphatic heterocycles. The first-order chi connectivity index (χ1) is 18.1. The molecule has 0 spiro atoms. The van der Waals surface area contributed by atoms with Crippen molar-refractivity contribution in [1.82, 2.24) is 4.90 Å². The maximum atomic E-state index is 13.5. The van der Waals surface area contributed by atoms with Gasteiger partial charge in [-0.25, -0.2) is 9.18 Å². The third kappa shape index (κ3) is 4.68. The summed E-state index contributed by atoms with van der Waals surface area (Å²) in [5.74, 6) is -0.0381. The third-order valence-corrected chi connectivity index (χ3v) is 8.53. The van der Waals surface area contributed by atoms with Crippen molar-refractivity contribution in [3.63, 3.8) is 0 Å². The van der Waals surface area contributed by atoms with Crippen LogP contribution in [0.3, 0.4) is 0 Å². The molecule has 3 aromatic rings. The number of piperidine rings is 2. The van der Waals surface area contributed by atoms with E-state index < -0.39 is 0 Å². The van der Waals surface area contributed by atoms with Crippen LogP contribution in [-0.4, -0.2) is 35.5 Å². The van der Waals surface area contributed by atoms with E-state index in [1.54, 1.807) is 6.07 Å². The number of aryl methyl sites for hydroxylation is 1. The first-order valence-corrected chi connectivity index (χ1v) is 13.5. The fourth-order valence-electron chi connectivity index (χ4n) is 6.78. The monoisotopic (exact) mass is 497 g/mol. The van der Waals surface area contributed by atoms with Crippen LogP contribution in [-0.2, 0) is 16.0 Å². The summed E-state index contributed by atoms with van der Waals surface area (Å²) in [6, 6.07) is 23.3. The van der Waals surface area contributed by atoms with Crippen LogP contribution in [0.5, 0.6) is 0 Å². The van der Waals surface area contributed by atoms with Gasteiger partial charge in [-0.15, -0.1) is 0 Å². The Morgan fingerprint density at radius 2 is 1.51 bits per heavy atom. The van der Waals surface area contributed by atoms with Crippen LogP contribution in [0.2, 0.25) is 0 Å². The van der Waals surface area contributed by atoms with E-state index in [1.807, 2.05) is 23.1 Å². The van der Waals surface area contributed by atoms with Crippen molar-refractivity contribution in [1.29, 1.82) is 0 Å². The number of ether oxygens (including phenoxy) is 1. The quantitative estimate of drug-likeness (QED) is 0.372. The van der Waals surface area contributed by atoms with E-state index in [-0.39, 0.29) is 41.6 Å². The van der Waals surface area contributed by atoms with E-state index in [4.69, 9.17) is 4.74 Å². The highest BCUT2D eigenvalue weighted by atomic mass is 19.1. The van der Waals surface area contributed by atoms with Gasteiger partial charge in [0.2, 0.25) is 0 Å². The second-order valence-corrected chi connectivity index (χ2v) is 10.7. The lowest BCUT2D eigenvalue weighted by molar-refractivity contribution is -0.126. The first-order valence-electron chi connectivity index (χ1n) is 13.5. The Hall–Kier alpha value is -3.47. The van der Waals surface area contributed by atoms with E-state index in [1.165, 1.54) is 34.4 Å². The van der Waals surface area contributed by atoms with Crippen molar-refractivity contribution < 1.29 is 18.7 Å². The lowest BCUT2D eigenvalue weighted by Crippen LogP contribution is -2.55. The Bertz CT molecular complexity index is 1260. The highest BCUT2D eigenvalue weighted by Gasteiger charge is 2.43. The zero-order valence-electron chi connectivity index (χ0n) is 20.9. The predicted octanol–water partition coefficient (Wildman–Crippen LogP) is 6.91. The molecule has 2 unspecified atom stereocenters. The summed E-state index contributed by atoms with van der Waals surface area (Å²) in [5.41, 5.74) is 5.70. The molecule has 0 saturated carbocycles. The van der Waals surface area contributed by atoms with Gasteiger partial charge in [0.15, 0.2) is 0 Å². The molecular weight excluding hydrogens is 465 g/mol. The van der Waals surface area contributed by atoms with E-state index in [0.717, 1.165) is 24.8 Å². The van der Waals surface area contributed by atoms with Crippen molar-refractivity contribution in [2.45, 2.75) is 62.9 Å². The second-order valence-electron chi connectivity index (χ2n) is 10.7. The van der Waals surface area contributed by atoms with Crippen LogP contribution < -0.4 is 0 Å². The molecule has 6 rings (SSSR count). The van der Waals surface area contributed by atoms with Crippen LogP contribution >= 0.6 is 0 Å². The first kappa shape index (κ1) is 23.9. The minimum absolute atomic E-state index is 0.0399. The molecule has 2 fully saturated rings. The zero-order valence-corrected chi connectivity index (χ0v) is 20.9. The Labute approximate surface area is 217 Å². The predicted molar refractivity (Wildman–Crippen MR) is 141 cm³/mol. The SMILES string of the molecule is O=C(CCc1cccc(F)c1)C1CC2CCCC(C1)N2C(=O)OCC1c2ccccc2-c2ccccc21. The largest absolute Gasteiger partial charge is 0.448 e. The van der Waals surface area contributed by atoms with Gasteiger partial charge in [0.1, 0.15) is 18.2 Å². The summed E-state index contributed by atoms with van der Waals surface area (Å²) in [6.07, 6.45) is 5.01. The van der Waals surface area contributed by atoms with Crippen LogP contribution in [0.1, 0.15) is 61.1 Å². The van der Waals surface area contributed by atoms with Crippen LogP contribution in [0.15, 0.2) is 72.8 Å². The number of fused-ring (bicyclic) bond motifs is 5. The van der Waals surface area contributed by atoms with Crippen LogP contribution in [0.4, 0.5) is 9.18 Å². The molecule has 2 heterocycles. The van der Waals surface area contributed by atoms with E-state index in [9.17, 15) is 14.0 Å². The molecule has 2 bridgehead atoms. The summed E-state index contributed by atoms with van der Waals surface area (Å²) in [4.78, 5) is 28.4. The minimum Gasteiger partial charge on any atom is -0.448 e. The molecule has 0 radical (unpaired) electrons. The Morgan fingerprint density at radius 1 is 0.865 bits per heavy atom. The van der Waals surface area contributed by atoms with E-state index in [0.29, 0.717) is 32.3 Å². The second kappa shape index (κ2) is 10.1. The van der Waals surface area contributed by atoms with Gasteiger partial charge in [-0.3, -0.25) is 4.79 Å². The average molecular weight is 498 g/mol. The maximum absolute atomic E-state index is 13.5. The third-order valence-electron chi connectivity index (χ3n) is 8.53. The average Bonchev–Trinajstić information content (AvgIpc) is 3.23. The molecule has 37 heavy (non-hydrogen) atoms. The van der Waals surface area contributed by atoms with Crippen LogP contribution in [0, 0.1) is 11.7 Å². The number of ketones is 1. The highest BCUT2D eigenvalue weighted by molar-refractivity contribution is 5.82. The number of nitrogens with zero attached hydrogens (tertiary/aromatic N) is 1. The van der Waals surface area contributed by atoms with Gasteiger partial charge in [0.25, 0.3) is 0 Å². The molecule has 2 atom stereocenters. The van der Waals surface area contributed by atoms with E-state index in [2.05, 4.69) is 36.4 Å². The Morgan fingerprint density at radius 3 is 2.16 bits per heavy atom. The maximum Gasteiger partial charge on any atom is 0.410 e. The molecule has 3 aromatic carbocycles. The normalized spacial score (nSPS) is 22.3. The van der Waals surface area contributed by atoms with Gasteiger partial charge < -0.3 is 9.64 Å². The van der Waals surface area contributed by atoms with E-state index >= 15 is 0 Å². The topological polar surface area (TPSA) is 46.6 Å². The number of rotatable bonds is 6. The lowest BCUT2D eigenvalue weighted by Gasteiger charge is -2.47. The summed E-state index contributed by atoms with van der Waals surface area (Å²) in [6.45, 7) is 0.318. The lowest BCUT2D eigenvalue weighted by atomic mass is 9.76. The number of halogens is 1. The molecule has 2 saturated heterocycles. The summed E-state index contributed by atoms with van der Waals surface area (Å²) >= 11 is 0. The molecule has 190 valence electrons. The smallest absolute Gasteiger partial charge is 0.410 e. The highest BCUT2D eigenvalue weighted by Crippen LogP contribution is 2.45. The number of hydrogen-bond acceptors (Lipinski definition) is 3. The summed E-state index contributed by atoms with van der Waals surface area (Å²) < 4.78 is 19.5. The van der Waals surface area contributed by atoms with Crippen molar-refractivity contribution in [3.8, 4) is 11.1 Å². The number of amides is 1. The van der Waals surface area contributed by atoms with Crippen molar-refractivity contribution in [2.24, 2.45) is 5.92 Å². The fraction of sp³-hybridized carbons (Fsp3) is 0.375. The molecule has 0 N–H and O–H groups in total. The fourth-order valence-corrected chi connectivity index (χ4v) is 6.78. The molecule has 5 heteroatoms. The summed E-state index contributed by atoms with van der Waals surface area (Å²) in [5, 5.41) is 0. The number of benzene rings is 3. The van der Waals surface area contributed by atoms with Gasteiger partial charge in [-0.05, 0) is 78.5 Å². The summed E-state index contributed by atoms with van der Waals surface area (Å²) in [7, 11) is 0. The minimum atomic E-state index is -0.268. The Balaban J connectivity index is 1.10. The van der Waals surface area contributed by atoms with Crippen molar-refractivity contribution in [2.75, 3.05) is 6.61 Å². The van der Waals surface area contributed by atoms with Gasteiger partial charge in [0.05, 0.1) is 0 Å². The standard InChI is InChI=1S/C32H32FNO3/c33-23-8-5-7-21(17-23)15-16-31(35)22-18-24-9-6-10-25(19-22)34(24)32(36)37-20-30-28-13-3-1-11-26(28)27-12-2-4-14-29(27)30/h1-5,7-8,11-14,17,22,24-25,30H,6,9-10,15-16,18-20H2. The molecule has 1 aliphatic carbocycles. The number of hydrogen-bond donors (Lipinski definition) is 0. The molecule has 0 aromatic heterocycles. The number of carbonyl (C=O) groups is 2.